The number of rotatable bonds is 3. The molecule has 3 rings (SSSR count). The highest BCUT2D eigenvalue weighted by molar-refractivity contribution is 5.86. The number of nitrogen functional groups attached to an aromatic ring is 1. The normalized spacial score (nSPS) is 10.3. The Balaban J connectivity index is 2.12. The van der Waals surface area contributed by atoms with E-state index in [-0.39, 0.29) is 11.7 Å². The molecule has 0 spiro atoms. The Labute approximate surface area is 119 Å². The van der Waals surface area contributed by atoms with E-state index >= 15 is 0 Å². The molecule has 0 atom stereocenters. The highest BCUT2D eigenvalue weighted by Crippen LogP contribution is 2.36. The van der Waals surface area contributed by atoms with Gasteiger partial charge in [-0.1, -0.05) is 12.1 Å². The van der Waals surface area contributed by atoms with Gasteiger partial charge in [0.1, 0.15) is 11.7 Å². The van der Waals surface area contributed by atoms with Crippen LogP contribution in [0.1, 0.15) is 11.3 Å². The molecule has 0 aliphatic carbocycles. The summed E-state index contributed by atoms with van der Waals surface area (Å²) in [5, 5.41) is 9.88. The van der Waals surface area contributed by atoms with Crippen LogP contribution in [-0.2, 0) is 0 Å². The van der Waals surface area contributed by atoms with Crippen LogP contribution in [0.2, 0.25) is 0 Å². The fourth-order valence-corrected chi connectivity index (χ4v) is 1.89. The molecule has 2 heterocycles. The Morgan fingerprint density at radius 3 is 2.95 bits per heavy atom. The first kappa shape index (κ1) is 12.9. The summed E-state index contributed by atoms with van der Waals surface area (Å²) in [4.78, 5) is 8.10. The van der Waals surface area contributed by atoms with E-state index in [1.165, 1.54) is 0 Å². The van der Waals surface area contributed by atoms with Crippen LogP contribution in [0.15, 0.2) is 34.9 Å². The first-order chi connectivity index (χ1) is 10.2. The van der Waals surface area contributed by atoms with Crippen molar-refractivity contribution in [3.05, 3.63) is 41.8 Å². The molecule has 0 radical (unpaired) electrons. The predicted molar refractivity (Wildman–Crippen MR) is 75.6 cm³/mol. The quantitative estimate of drug-likeness (QED) is 0.560. The van der Waals surface area contributed by atoms with Crippen molar-refractivity contribution in [3.63, 3.8) is 0 Å². The zero-order chi connectivity index (χ0) is 14.8. The maximum atomic E-state index is 9.18. The second-order valence-corrected chi connectivity index (χ2v) is 4.30. The summed E-state index contributed by atoms with van der Waals surface area (Å²) in [6.45, 7) is 1.80. The van der Waals surface area contributed by atoms with Crippen LogP contribution in [0.4, 0.5) is 5.95 Å². The van der Waals surface area contributed by atoms with Gasteiger partial charge in [0.05, 0.1) is 5.39 Å². The number of anilines is 1. The van der Waals surface area contributed by atoms with Crippen molar-refractivity contribution >= 4 is 16.9 Å². The summed E-state index contributed by atoms with van der Waals surface area (Å²) >= 11 is 0. The average molecular weight is 281 g/mol. The SMILES string of the molecule is Cc1cnc(NN)nc1Oc1c(C#N)oc2ccccc12. The molecular formula is C14H11N5O2. The van der Waals surface area contributed by atoms with E-state index in [1.54, 1.807) is 19.2 Å². The van der Waals surface area contributed by atoms with Gasteiger partial charge in [0.2, 0.25) is 17.6 Å². The molecule has 0 unspecified atom stereocenters. The van der Waals surface area contributed by atoms with Crippen molar-refractivity contribution in [3.8, 4) is 17.7 Å². The van der Waals surface area contributed by atoms with Gasteiger partial charge in [-0.3, -0.25) is 5.43 Å². The summed E-state index contributed by atoms with van der Waals surface area (Å²) in [5.41, 5.74) is 3.64. The predicted octanol–water partition coefficient (Wildman–Crippen LogP) is 2.48. The highest BCUT2D eigenvalue weighted by atomic mass is 16.5. The Hall–Kier alpha value is -3.11. The molecule has 21 heavy (non-hydrogen) atoms. The molecule has 0 aliphatic rings. The summed E-state index contributed by atoms with van der Waals surface area (Å²) in [6.07, 6.45) is 1.58. The van der Waals surface area contributed by atoms with Gasteiger partial charge in [-0.05, 0) is 19.1 Å². The molecule has 2 aromatic heterocycles. The zero-order valence-corrected chi connectivity index (χ0v) is 11.1. The summed E-state index contributed by atoms with van der Waals surface area (Å²) in [7, 11) is 0. The van der Waals surface area contributed by atoms with E-state index in [0.717, 1.165) is 0 Å². The summed E-state index contributed by atoms with van der Waals surface area (Å²) in [5.74, 6) is 6.24. The number of aromatic nitrogens is 2. The van der Waals surface area contributed by atoms with Crippen molar-refractivity contribution in [2.45, 2.75) is 6.92 Å². The number of furan rings is 1. The number of benzene rings is 1. The first-order valence-electron chi connectivity index (χ1n) is 6.12. The second kappa shape index (κ2) is 5.11. The third-order valence-corrected chi connectivity index (χ3v) is 2.90. The lowest BCUT2D eigenvalue weighted by molar-refractivity contribution is 0.446. The molecule has 104 valence electrons. The van der Waals surface area contributed by atoms with Gasteiger partial charge in [-0.15, -0.1) is 0 Å². The minimum Gasteiger partial charge on any atom is -0.442 e. The number of aryl methyl sites for hydroxylation is 1. The molecule has 0 aliphatic heterocycles. The fraction of sp³-hybridized carbons (Fsp3) is 0.0714. The van der Waals surface area contributed by atoms with Gasteiger partial charge in [0, 0.05) is 11.8 Å². The molecule has 7 nitrogen and oxygen atoms in total. The smallest absolute Gasteiger partial charge is 0.247 e. The minimum absolute atomic E-state index is 0.0940. The Kier molecular flexibility index (Phi) is 3.14. The van der Waals surface area contributed by atoms with Gasteiger partial charge >= 0.3 is 0 Å². The largest absolute Gasteiger partial charge is 0.442 e. The molecule has 3 aromatic rings. The molecule has 0 bridgehead atoms. The van der Waals surface area contributed by atoms with Crippen LogP contribution in [0, 0.1) is 18.3 Å². The van der Waals surface area contributed by atoms with Crippen molar-refractivity contribution < 1.29 is 9.15 Å². The number of nitrogens with one attached hydrogen (secondary N) is 1. The molecule has 0 amide bonds. The molecule has 1 aromatic carbocycles. The first-order valence-corrected chi connectivity index (χ1v) is 6.12. The van der Waals surface area contributed by atoms with Crippen LogP contribution in [0.5, 0.6) is 11.6 Å². The molecule has 0 saturated carbocycles. The van der Waals surface area contributed by atoms with Crippen LogP contribution < -0.4 is 16.0 Å². The molecule has 7 heteroatoms. The third kappa shape index (κ3) is 2.24. The average Bonchev–Trinajstić information content (AvgIpc) is 2.87. The summed E-state index contributed by atoms with van der Waals surface area (Å²) < 4.78 is 11.2. The third-order valence-electron chi connectivity index (χ3n) is 2.90. The van der Waals surface area contributed by atoms with Crippen molar-refractivity contribution in [2.75, 3.05) is 5.43 Å². The topological polar surface area (TPSA) is 110 Å². The molecule has 0 fully saturated rings. The highest BCUT2D eigenvalue weighted by Gasteiger charge is 2.17. The van der Waals surface area contributed by atoms with Crippen LogP contribution >= 0.6 is 0 Å². The van der Waals surface area contributed by atoms with E-state index < -0.39 is 0 Å². The number of nitrogens with two attached hydrogens (primary N) is 1. The standard InChI is InChI=1S/C14H11N5O2/c1-8-7-17-14(19-16)18-13(8)21-12-9-4-2-3-5-10(9)20-11(12)6-15/h2-5,7H,16H2,1H3,(H,17,18,19). The van der Waals surface area contributed by atoms with Crippen LogP contribution in [-0.4, -0.2) is 9.97 Å². The summed E-state index contributed by atoms with van der Waals surface area (Å²) in [6, 6.07) is 9.22. The second-order valence-electron chi connectivity index (χ2n) is 4.30. The van der Waals surface area contributed by atoms with E-state index in [9.17, 15) is 5.26 Å². The maximum absolute atomic E-state index is 9.18. The number of fused-ring (bicyclic) bond motifs is 1. The zero-order valence-electron chi connectivity index (χ0n) is 11.1. The lowest BCUT2D eigenvalue weighted by Crippen LogP contribution is -2.11. The van der Waals surface area contributed by atoms with Crippen molar-refractivity contribution in [1.29, 1.82) is 5.26 Å². The maximum Gasteiger partial charge on any atom is 0.247 e. The van der Waals surface area contributed by atoms with Crippen LogP contribution in [0.25, 0.3) is 11.0 Å². The monoisotopic (exact) mass is 281 g/mol. The Morgan fingerprint density at radius 2 is 2.19 bits per heavy atom. The van der Waals surface area contributed by atoms with E-state index in [4.69, 9.17) is 15.0 Å². The number of ether oxygens (including phenoxy) is 1. The van der Waals surface area contributed by atoms with Gasteiger partial charge in [-0.25, -0.2) is 10.8 Å². The van der Waals surface area contributed by atoms with Crippen molar-refractivity contribution in [1.82, 2.24) is 9.97 Å². The number of para-hydroxylation sites is 1. The fourth-order valence-electron chi connectivity index (χ4n) is 1.89. The van der Waals surface area contributed by atoms with Gasteiger partial charge < -0.3 is 9.15 Å². The lowest BCUT2D eigenvalue weighted by atomic mass is 10.2. The molecular weight excluding hydrogens is 270 g/mol. The Bertz CT molecular complexity index is 850. The number of nitrogens with zero attached hydrogens (tertiary/aromatic N) is 3. The van der Waals surface area contributed by atoms with E-state index in [1.807, 2.05) is 24.3 Å². The minimum atomic E-state index is 0.0940. The van der Waals surface area contributed by atoms with E-state index in [2.05, 4.69) is 15.4 Å². The van der Waals surface area contributed by atoms with Crippen LogP contribution in [0.3, 0.4) is 0 Å². The van der Waals surface area contributed by atoms with Crippen molar-refractivity contribution in [2.24, 2.45) is 5.84 Å². The van der Waals surface area contributed by atoms with Gasteiger partial charge in [0.15, 0.2) is 5.75 Å². The molecule has 3 N–H and O–H groups in total. The Morgan fingerprint density at radius 1 is 1.38 bits per heavy atom. The van der Waals surface area contributed by atoms with E-state index in [0.29, 0.717) is 28.2 Å². The number of hydrogen-bond acceptors (Lipinski definition) is 7. The lowest BCUT2D eigenvalue weighted by Gasteiger charge is -2.07. The van der Waals surface area contributed by atoms with Gasteiger partial charge in [0.25, 0.3) is 0 Å². The molecule has 0 saturated heterocycles. The van der Waals surface area contributed by atoms with Gasteiger partial charge in [-0.2, -0.15) is 10.2 Å². The number of hydrazine groups is 1. The number of hydrogen-bond donors (Lipinski definition) is 2. The number of nitriles is 1.